The van der Waals surface area contributed by atoms with Crippen molar-refractivity contribution in [3.05, 3.63) is 29.8 Å². The second kappa shape index (κ2) is 6.55. The Morgan fingerprint density at radius 1 is 1.50 bits per heavy atom. The zero-order valence-corrected chi connectivity index (χ0v) is 10.4. The van der Waals surface area contributed by atoms with Crippen LogP contribution in [0.15, 0.2) is 29.2 Å². The van der Waals surface area contributed by atoms with Gasteiger partial charge >= 0.3 is 0 Å². The summed E-state index contributed by atoms with van der Waals surface area (Å²) in [5.74, 6) is 0.339. The maximum atomic E-state index is 11.4. The normalized spacial score (nSPS) is 12.2. The number of carbonyl (C=O) groups excluding carboxylic acids is 1. The number of hydrogen-bond donors (Lipinski definition) is 2. The third-order valence-electron chi connectivity index (χ3n) is 2.05. The van der Waals surface area contributed by atoms with Crippen molar-refractivity contribution in [2.24, 2.45) is 0 Å². The summed E-state index contributed by atoms with van der Waals surface area (Å²) in [6.45, 7) is 3.98. The minimum Gasteiger partial charge on any atom is -0.392 e. The summed E-state index contributed by atoms with van der Waals surface area (Å²) in [7, 11) is 0. The van der Waals surface area contributed by atoms with Gasteiger partial charge in [-0.2, -0.15) is 0 Å². The number of nitrogens with one attached hydrogen (secondary N) is 1. The van der Waals surface area contributed by atoms with E-state index in [4.69, 9.17) is 5.11 Å². The van der Waals surface area contributed by atoms with Crippen LogP contribution in [-0.4, -0.2) is 29.4 Å². The molecule has 0 bridgehead atoms. The molecule has 0 fully saturated rings. The molecule has 0 aliphatic carbocycles. The van der Waals surface area contributed by atoms with Crippen molar-refractivity contribution in [1.82, 2.24) is 5.32 Å². The highest BCUT2D eigenvalue weighted by Gasteiger charge is 2.05. The molecule has 4 heteroatoms. The van der Waals surface area contributed by atoms with E-state index in [2.05, 4.69) is 5.32 Å². The monoisotopic (exact) mass is 239 g/mol. The molecule has 16 heavy (non-hydrogen) atoms. The van der Waals surface area contributed by atoms with Crippen LogP contribution in [0.4, 0.5) is 0 Å². The largest absolute Gasteiger partial charge is 0.392 e. The predicted octanol–water partition coefficient (Wildman–Crippen LogP) is 1.58. The van der Waals surface area contributed by atoms with Crippen molar-refractivity contribution in [2.45, 2.75) is 24.8 Å². The summed E-state index contributed by atoms with van der Waals surface area (Å²) in [5, 5.41) is 11.7. The Labute approximate surface area is 100 Å². The molecule has 1 rings (SSSR count). The molecular weight excluding hydrogens is 222 g/mol. The molecule has 3 nitrogen and oxygen atoms in total. The summed E-state index contributed by atoms with van der Waals surface area (Å²) in [5.41, 5.74) is 1.18. The van der Waals surface area contributed by atoms with Crippen molar-refractivity contribution in [1.29, 1.82) is 0 Å². The average molecular weight is 239 g/mol. The minimum absolute atomic E-state index is 0.0471. The summed E-state index contributed by atoms with van der Waals surface area (Å²) in [4.78, 5) is 12.5. The van der Waals surface area contributed by atoms with E-state index in [1.54, 1.807) is 6.92 Å². The Hall–Kier alpha value is -1.00. The van der Waals surface area contributed by atoms with Gasteiger partial charge in [0.2, 0.25) is 5.91 Å². The highest BCUT2D eigenvalue weighted by atomic mass is 32.2. The Morgan fingerprint density at radius 3 is 2.81 bits per heavy atom. The van der Waals surface area contributed by atoms with E-state index in [0.717, 1.165) is 4.90 Å². The molecule has 0 saturated heterocycles. The van der Waals surface area contributed by atoms with Gasteiger partial charge in [0.15, 0.2) is 0 Å². The first-order valence-electron chi connectivity index (χ1n) is 5.23. The topological polar surface area (TPSA) is 49.3 Å². The molecular formula is C12H17NO2S. The Kier molecular flexibility index (Phi) is 5.35. The van der Waals surface area contributed by atoms with Crippen LogP contribution in [0.1, 0.15) is 12.5 Å². The molecule has 0 aliphatic heterocycles. The summed E-state index contributed by atoms with van der Waals surface area (Å²) < 4.78 is 0. The molecule has 1 amide bonds. The summed E-state index contributed by atoms with van der Waals surface area (Å²) in [6.07, 6.45) is -0.493. The Balaban J connectivity index is 2.35. The zero-order chi connectivity index (χ0) is 12.0. The van der Waals surface area contributed by atoms with Crippen LogP contribution in [0.5, 0.6) is 0 Å². The van der Waals surface area contributed by atoms with Crippen LogP contribution in [0.2, 0.25) is 0 Å². The smallest absolute Gasteiger partial charge is 0.230 e. The molecule has 0 spiro atoms. The number of aliphatic hydroxyl groups excluding tert-OH is 1. The second-order valence-corrected chi connectivity index (χ2v) is 4.72. The fraction of sp³-hybridized carbons (Fsp3) is 0.417. The van der Waals surface area contributed by atoms with Gasteiger partial charge in [-0.05, 0) is 25.5 Å². The predicted molar refractivity (Wildman–Crippen MR) is 66.6 cm³/mol. The van der Waals surface area contributed by atoms with Crippen molar-refractivity contribution in [3.8, 4) is 0 Å². The number of benzene rings is 1. The third kappa shape index (κ3) is 4.68. The van der Waals surface area contributed by atoms with Crippen LogP contribution in [0.25, 0.3) is 0 Å². The number of carbonyl (C=O) groups is 1. The maximum absolute atomic E-state index is 11.4. The molecule has 1 aromatic rings. The quantitative estimate of drug-likeness (QED) is 0.767. The van der Waals surface area contributed by atoms with Gasteiger partial charge < -0.3 is 10.4 Å². The Morgan fingerprint density at radius 2 is 2.19 bits per heavy atom. The maximum Gasteiger partial charge on any atom is 0.230 e. The summed E-state index contributed by atoms with van der Waals surface area (Å²) >= 11 is 1.51. The third-order valence-corrected chi connectivity index (χ3v) is 3.22. The van der Waals surface area contributed by atoms with E-state index in [-0.39, 0.29) is 5.91 Å². The van der Waals surface area contributed by atoms with Crippen molar-refractivity contribution in [3.63, 3.8) is 0 Å². The molecule has 1 aromatic carbocycles. The lowest BCUT2D eigenvalue weighted by Gasteiger charge is -2.07. The lowest BCUT2D eigenvalue weighted by atomic mass is 10.2. The lowest BCUT2D eigenvalue weighted by Crippen LogP contribution is -2.31. The fourth-order valence-corrected chi connectivity index (χ4v) is 2.03. The lowest BCUT2D eigenvalue weighted by molar-refractivity contribution is -0.118. The number of amides is 1. The number of rotatable bonds is 5. The number of thioether (sulfide) groups is 1. The van der Waals surface area contributed by atoms with Gasteiger partial charge in [0, 0.05) is 11.4 Å². The van der Waals surface area contributed by atoms with Crippen LogP contribution in [0.3, 0.4) is 0 Å². The highest BCUT2D eigenvalue weighted by Crippen LogP contribution is 2.21. The Bertz CT molecular complexity index is 353. The van der Waals surface area contributed by atoms with Crippen LogP contribution in [-0.2, 0) is 4.79 Å². The minimum atomic E-state index is -0.493. The molecule has 0 radical (unpaired) electrons. The molecule has 2 N–H and O–H groups in total. The molecule has 1 atom stereocenters. The van der Waals surface area contributed by atoms with Gasteiger partial charge in [0.05, 0.1) is 11.9 Å². The summed E-state index contributed by atoms with van der Waals surface area (Å²) in [6, 6.07) is 7.97. The fourth-order valence-electron chi connectivity index (χ4n) is 1.17. The van der Waals surface area contributed by atoms with Crippen molar-refractivity contribution in [2.75, 3.05) is 12.3 Å². The highest BCUT2D eigenvalue weighted by molar-refractivity contribution is 8.00. The molecule has 88 valence electrons. The van der Waals surface area contributed by atoms with Gasteiger partial charge in [-0.3, -0.25) is 4.79 Å². The number of hydrogen-bond acceptors (Lipinski definition) is 3. The van der Waals surface area contributed by atoms with Crippen molar-refractivity contribution < 1.29 is 9.90 Å². The first-order chi connectivity index (χ1) is 7.59. The zero-order valence-electron chi connectivity index (χ0n) is 9.56. The second-order valence-electron chi connectivity index (χ2n) is 3.71. The molecule has 0 aliphatic rings. The van der Waals surface area contributed by atoms with Gasteiger partial charge in [0.25, 0.3) is 0 Å². The van der Waals surface area contributed by atoms with Crippen LogP contribution >= 0.6 is 11.8 Å². The van der Waals surface area contributed by atoms with Crippen LogP contribution < -0.4 is 5.32 Å². The average Bonchev–Trinajstić information content (AvgIpc) is 2.25. The van der Waals surface area contributed by atoms with Gasteiger partial charge in [-0.15, -0.1) is 11.8 Å². The standard InChI is InChI=1S/C12H17NO2S/c1-9-5-3-4-6-11(9)16-8-12(15)13-7-10(2)14/h3-6,10,14H,7-8H2,1-2H3,(H,13,15). The first-order valence-corrected chi connectivity index (χ1v) is 6.21. The van der Waals surface area contributed by atoms with E-state index in [0.29, 0.717) is 12.3 Å². The first kappa shape index (κ1) is 13.1. The van der Waals surface area contributed by atoms with E-state index in [1.165, 1.54) is 17.3 Å². The number of aliphatic hydroxyl groups is 1. The number of aryl methyl sites for hydroxylation is 1. The van der Waals surface area contributed by atoms with Crippen molar-refractivity contribution >= 4 is 17.7 Å². The van der Waals surface area contributed by atoms with E-state index >= 15 is 0 Å². The van der Waals surface area contributed by atoms with Gasteiger partial charge in [-0.1, -0.05) is 18.2 Å². The van der Waals surface area contributed by atoms with E-state index in [1.807, 2.05) is 31.2 Å². The molecule has 0 aromatic heterocycles. The SMILES string of the molecule is Cc1ccccc1SCC(=O)NCC(C)O. The van der Waals surface area contributed by atoms with Gasteiger partial charge in [-0.25, -0.2) is 0 Å². The molecule has 0 saturated carbocycles. The molecule has 1 unspecified atom stereocenters. The van der Waals surface area contributed by atoms with E-state index in [9.17, 15) is 4.79 Å². The van der Waals surface area contributed by atoms with Gasteiger partial charge in [0.1, 0.15) is 0 Å². The van der Waals surface area contributed by atoms with E-state index < -0.39 is 6.10 Å². The van der Waals surface area contributed by atoms with Crippen LogP contribution in [0, 0.1) is 6.92 Å². The molecule has 0 heterocycles.